The zero-order chi connectivity index (χ0) is 17.8. The van der Waals surface area contributed by atoms with Gasteiger partial charge in [-0.1, -0.05) is 11.6 Å². The summed E-state index contributed by atoms with van der Waals surface area (Å²) in [5, 5.41) is 7.39. The number of hydrogen-bond donors (Lipinski definition) is 2. The molecule has 9 heteroatoms. The Balaban J connectivity index is 0.00000243. The highest BCUT2D eigenvalue weighted by molar-refractivity contribution is 14.0. The van der Waals surface area contributed by atoms with Crippen LogP contribution in [-0.2, 0) is 11.3 Å². The Hall–Kier alpha value is -1.55. The molecule has 0 radical (unpaired) electrons. The summed E-state index contributed by atoms with van der Waals surface area (Å²) in [4.78, 5) is 22.1. The monoisotopic (exact) mass is 490 g/mol. The minimum atomic E-state index is 0. The van der Waals surface area contributed by atoms with Crippen LogP contribution in [0.1, 0.15) is 25.5 Å². The van der Waals surface area contributed by atoms with E-state index in [4.69, 9.17) is 11.6 Å². The Morgan fingerprint density at radius 2 is 2.08 bits per heavy atom. The van der Waals surface area contributed by atoms with Gasteiger partial charge in [0, 0.05) is 45.5 Å². The minimum Gasteiger partial charge on any atom is -0.354 e. The van der Waals surface area contributed by atoms with Crippen LogP contribution in [0.4, 0.5) is 0 Å². The molecule has 2 aromatic heterocycles. The molecule has 0 aliphatic carbocycles. The smallest absolute Gasteiger partial charge is 0.219 e. The summed E-state index contributed by atoms with van der Waals surface area (Å²) < 4.78 is 1.91. The second-order valence-electron chi connectivity index (χ2n) is 6.20. The van der Waals surface area contributed by atoms with Crippen LogP contribution in [0.25, 0.3) is 5.65 Å². The normalized spacial score (nSPS) is 15.7. The standard InChI is InChI=1S/C17H23ClN6O.HI/c1-12(25)23-7-5-14(6-8-23)22-17(19-2)20-9-15-11-24-10-13(18)3-4-16(24)21-15;/h3-4,10-11,14H,5-9H2,1-2H3,(H2,19,20,22);1H. The molecule has 1 aliphatic rings. The van der Waals surface area contributed by atoms with Crippen molar-refractivity contribution in [3.8, 4) is 0 Å². The van der Waals surface area contributed by atoms with Gasteiger partial charge < -0.3 is 19.9 Å². The highest BCUT2D eigenvalue weighted by Crippen LogP contribution is 2.12. The van der Waals surface area contributed by atoms with Gasteiger partial charge in [0.25, 0.3) is 0 Å². The number of halogens is 2. The van der Waals surface area contributed by atoms with E-state index in [1.165, 1.54) is 0 Å². The van der Waals surface area contributed by atoms with Crippen molar-refractivity contribution in [2.75, 3.05) is 20.1 Å². The fraction of sp³-hybridized carbons (Fsp3) is 0.471. The summed E-state index contributed by atoms with van der Waals surface area (Å²) in [6, 6.07) is 4.04. The van der Waals surface area contributed by atoms with Crippen LogP contribution >= 0.6 is 35.6 Å². The lowest BCUT2D eigenvalue weighted by Crippen LogP contribution is -2.49. The molecule has 7 nitrogen and oxygen atoms in total. The minimum absolute atomic E-state index is 0. The molecule has 1 saturated heterocycles. The van der Waals surface area contributed by atoms with Crippen LogP contribution in [0.2, 0.25) is 5.02 Å². The third-order valence-electron chi connectivity index (χ3n) is 4.41. The van der Waals surface area contributed by atoms with E-state index in [1.807, 2.05) is 33.8 Å². The number of imidazole rings is 1. The molecular weight excluding hydrogens is 467 g/mol. The van der Waals surface area contributed by atoms with Crippen molar-refractivity contribution < 1.29 is 4.79 Å². The van der Waals surface area contributed by atoms with Crippen molar-refractivity contribution in [2.45, 2.75) is 32.4 Å². The topological polar surface area (TPSA) is 74.0 Å². The Kier molecular flexibility index (Phi) is 7.51. The molecule has 0 spiro atoms. The number of nitrogens with one attached hydrogen (secondary N) is 2. The average Bonchev–Trinajstić information content (AvgIpc) is 3.00. The predicted molar refractivity (Wildman–Crippen MR) is 114 cm³/mol. The summed E-state index contributed by atoms with van der Waals surface area (Å²) in [5.74, 6) is 0.893. The third-order valence-corrected chi connectivity index (χ3v) is 4.63. The average molecular weight is 491 g/mol. The van der Waals surface area contributed by atoms with Crippen molar-refractivity contribution in [1.29, 1.82) is 0 Å². The van der Waals surface area contributed by atoms with Gasteiger partial charge in [-0.05, 0) is 25.0 Å². The van der Waals surface area contributed by atoms with Crippen LogP contribution in [0, 0.1) is 0 Å². The lowest BCUT2D eigenvalue weighted by atomic mass is 10.1. The molecule has 0 aromatic carbocycles. The van der Waals surface area contributed by atoms with Crippen molar-refractivity contribution in [3.63, 3.8) is 0 Å². The number of amides is 1. The van der Waals surface area contributed by atoms with Gasteiger partial charge in [-0.25, -0.2) is 4.98 Å². The van der Waals surface area contributed by atoms with Crippen LogP contribution in [0.5, 0.6) is 0 Å². The van der Waals surface area contributed by atoms with Gasteiger partial charge in [0.2, 0.25) is 5.91 Å². The van der Waals surface area contributed by atoms with Gasteiger partial charge in [0.15, 0.2) is 5.96 Å². The number of pyridine rings is 1. The third kappa shape index (κ3) is 5.23. The maximum Gasteiger partial charge on any atom is 0.219 e. The van der Waals surface area contributed by atoms with Gasteiger partial charge in [0.05, 0.1) is 17.3 Å². The SMILES string of the molecule is CN=C(NCc1cn2cc(Cl)ccc2n1)NC1CCN(C(C)=O)CC1.I. The van der Waals surface area contributed by atoms with Crippen molar-refractivity contribution >= 4 is 53.1 Å². The number of rotatable bonds is 3. The first-order valence-corrected chi connectivity index (χ1v) is 8.79. The summed E-state index contributed by atoms with van der Waals surface area (Å²) in [6.45, 7) is 3.77. The zero-order valence-electron chi connectivity index (χ0n) is 14.9. The first kappa shape index (κ1) is 20.8. The number of aliphatic imine (C=N–C) groups is 1. The van der Waals surface area contributed by atoms with Gasteiger partial charge in [-0.2, -0.15) is 0 Å². The van der Waals surface area contributed by atoms with Gasteiger partial charge >= 0.3 is 0 Å². The van der Waals surface area contributed by atoms with E-state index >= 15 is 0 Å². The fourth-order valence-electron chi connectivity index (χ4n) is 3.00. The van der Waals surface area contributed by atoms with E-state index in [2.05, 4.69) is 20.6 Å². The number of nitrogens with zero attached hydrogens (tertiary/aromatic N) is 4. The highest BCUT2D eigenvalue weighted by Gasteiger charge is 2.21. The number of likely N-dealkylation sites (tertiary alicyclic amines) is 1. The van der Waals surface area contributed by atoms with E-state index in [9.17, 15) is 4.79 Å². The van der Waals surface area contributed by atoms with E-state index < -0.39 is 0 Å². The number of carbonyl (C=O) groups is 1. The summed E-state index contributed by atoms with van der Waals surface area (Å²) in [6.07, 6.45) is 5.64. The quantitative estimate of drug-likeness (QED) is 0.393. The highest BCUT2D eigenvalue weighted by atomic mass is 127. The van der Waals surface area contributed by atoms with Crippen LogP contribution in [-0.4, -0.2) is 52.3 Å². The van der Waals surface area contributed by atoms with Gasteiger partial charge in [-0.3, -0.25) is 9.79 Å². The Morgan fingerprint density at radius 1 is 1.35 bits per heavy atom. The number of aromatic nitrogens is 2. The molecule has 142 valence electrons. The van der Waals surface area contributed by atoms with E-state index in [0.717, 1.165) is 43.2 Å². The molecular formula is C17H24ClIN6O. The molecule has 1 aliphatic heterocycles. The van der Waals surface area contributed by atoms with Gasteiger partial charge in [0.1, 0.15) is 5.65 Å². The maximum atomic E-state index is 11.4. The zero-order valence-corrected chi connectivity index (χ0v) is 18.0. The van der Waals surface area contributed by atoms with Crippen LogP contribution in [0.15, 0.2) is 29.5 Å². The number of fused-ring (bicyclic) bond motifs is 1. The molecule has 1 fully saturated rings. The number of piperidine rings is 1. The second kappa shape index (κ2) is 9.40. The summed E-state index contributed by atoms with van der Waals surface area (Å²) >= 11 is 6.00. The van der Waals surface area contributed by atoms with Crippen LogP contribution in [0.3, 0.4) is 0 Å². The first-order valence-electron chi connectivity index (χ1n) is 8.41. The molecule has 26 heavy (non-hydrogen) atoms. The molecule has 0 bridgehead atoms. The Morgan fingerprint density at radius 3 is 2.73 bits per heavy atom. The van der Waals surface area contributed by atoms with Crippen LogP contribution < -0.4 is 10.6 Å². The van der Waals surface area contributed by atoms with Gasteiger partial charge in [-0.15, -0.1) is 24.0 Å². The molecule has 1 amide bonds. The number of carbonyl (C=O) groups excluding carboxylic acids is 1. The Labute approximate surface area is 175 Å². The molecule has 3 rings (SSSR count). The van der Waals surface area contributed by atoms with Crippen molar-refractivity contribution in [3.05, 3.63) is 35.2 Å². The molecule has 2 N–H and O–H groups in total. The number of hydrogen-bond acceptors (Lipinski definition) is 3. The lowest BCUT2D eigenvalue weighted by molar-refractivity contribution is -0.129. The molecule has 2 aromatic rings. The maximum absolute atomic E-state index is 11.4. The van der Waals surface area contributed by atoms with E-state index in [-0.39, 0.29) is 29.9 Å². The largest absolute Gasteiger partial charge is 0.354 e. The second-order valence-corrected chi connectivity index (χ2v) is 6.63. The number of guanidine groups is 1. The summed E-state index contributed by atoms with van der Waals surface area (Å²) in [5.41, 5.74) is 1.78. The molecule has 0 saturated carbocycles. The van der Waals surface area contributed by atoms with E-state index in [0.29, 0.717) is 17.6 Å². The Bertz CT molecular complexity index is 785. The fourth-order valence-corrected chi connectivity index (χ4v) is 3.17. The lowest BCUT2D eigenvalue weighted by Gasteiger charge is -2.32. The predicted octanol–water partition coefficient (Wildman–Crippen LogP) is 2.28. The molecule has 3 heterocycles. The van der Waals surface area contributed by atoms with Crippen molar-refractivity contribution in [1.82, 2.24) is 24.9 Å². The first-order chi connectivity index (χ1) is 12.0. The van der Waals surface area contributed by atoms with Crippen molar-refractivity contribution in [2.24, 2.45) is 4.99 Å². The molecule has 0 atom stereocenters. The van der Waals surface area contributed by atoms with E-state index in [1.54, 1.807) is 14.0 Å². The summed E-state index contributed by atoms with van der Waals surface area (Å²) in [7, 11) is 1.75. The molecule has 0 unspecified atom stereocenters.